The third kappa shape index (κ3) is 3.13. The van der Waals surface area contributed by atoms with E-state index >= 15 is 0 Å². The molecule has 0 saturated heterocycles. The first kappa shape index (κ1) is 16.2. The van der Waals surface area contributed by atoms with Crippen LogP contribution in [-0.4, -0.2) is 36.8 Å². The number of benzene rings is 1. The zero-order valence-corrected chi connectivity index (χ0v) is 14.9. The van der Waals surface area contributed by atoms with E-state index in [-0.39, 0.29) is 6.10 Å². The lowest BCUT2D eigenvalue weighted by Crippen LogP contribution is -2.28. The quantitative estimate of drug-likeness (QED) is 0.584. The first-order valence-corrected chi connectivity index (χ1v) is 9.41. The molecule has 3 aromatic heterocycles. The number of aromatic nitrogens is 4. The van der Waals surface area contributed by atoms with Gasteiger partial charge >= 0.3 is 0 Å². The van der Waals surface area contributed by atoms with E-state index in [1.54, 1.807) is 6.20 Å². The third-order valence-corrected chi connectivity index (χ3v) is 5.31. The van der Waals surface area contributed by atoms with Gasteiger partial charge in [-0.05, 0) is 56.0 Å². The molecule has 2 N–H and O–H groups in total. The number of imidazole rings is 1. The Hall–Kier alpha value is -2.99. The highest BCUT2D eigenvalue weighted by molar-refractivity contribution is 5.83. The van der Waals surface area contributed by atoms with E-state index in [1.165, 1.54) is 0 Å². The van der Waals surface area contributed by atoms with Crippen LogP contribution in [0.1, 0.15) is 25.7 Å². The van der Waals surface area contributed by atoms with Gasteiger partial charge in [0.05, 0.1) is 23.5 Å². The molecular formula is C21H21N5O. The van der Waals surface area contributed by atoms with Crippen LogP contribution in [0.15, 0.2) is 54.9 Å². The first-order valence-electron chi connectivity index (χ1n) is 9.41. The number of rotatable bonds is 3. The fourth-order valence-corrected chi connectivity index (χ4v) is 3.81. The molecule has 0 atom stereocenters. The molecule has 1 aliphatic carbocycles. The van der Waals surface area contributed by atoms with Crippen LogP contribution in [-0.2, 0) is 0 Å². The van der Waals surface area contributed by atoms with Crippen molar-refractivity contribution >= 4 is 22.4 Å². The molecule has 5 rings (SSSR count). The Morgan fingerprint density at radius 2 is 1.89 bits per heavy atom. The minimum atomic E-state index is -0.152. The molecule has 4 aromatic rings. The highest BCUT2D eigenvalue weighted by Gasteiger charge is 2.19. The van der Waals surface area contributed by atoms with Crippen LogP contribution in [0.2, 0.25) is 0 Å². The average Bonchev–Trinajstić information content (AvgIpc) is 3.13. The predicted molar refractivity (Wildman–Crippen MR) is 106 cm³/mol. The maximum Gasteiger partial charge on any atom is 0.154 e. The van der Waals surface area contributed by atoms with Crippen molar-refractivity contribution in [3.8, 4) is 11.3 Å². The van der Waals surface area contributed by atoms with Crippen LogP contribution < -0.4 is 5.32 Å². The zero-order chi connectivity index (χ0) is 18.2. The summed E-state index contributed by atoms with van der Waals surface area (Å²) in [5, 5.41) is 19.1. The van der Waals surface area contributed by atoms with Crippen molar-refractivity contribution < 1.29 is 5.11 Å². The number of nitrogens with one attached hydrogen (secondary N) is 1. The molecule has 0 aliphatic heterocycles. The number of anilines is 1. The van der Waals surface area contributed by atoms with Crippen molar-refractivity contribution in [3.63, 3.8) is 0 Å². The van der Waals surface area contributed by atoms with Gasteiger partial charge in [-0.25, -0.2) is 9.50 Å². The number of hydrogen-bond donors (Lipinski definition) is 2. The SMILES string of the molecule is OC1CCC(Nc2ccc3ncc(-c4ccc5ncccc5c4)n3n2)CC1. The molecule has 6 heteroatoms. The van der Waals surface area contributed by atoms with Crippen molar-refractivity contribution in [1.29, 1.82) is 0 Å². The Morgan fingerprint density at radius 1 is 1.00 bits per heavy atom. The summed E-state index contributed by atoms with van der Waals surface area (Å²) in [5.41, 5.74) is 3.82. The molecule has 0 unspecified atom stereocenters. The van der Waals surface area contributed by atoms with Crippen LogP contribution in [0.25, 0.3) is 27.8 Å². The number of fused-ring (bicyclic) bond motifs is 2. The van der Waals surface area contributed by atoms with E-state index in [0.717, 1.165) is 59.3 Å². The standard InChI is InChI=1S/C21H21N5O/c27-17-6-4-16(5-7-17)24-20-9-10-21-23-13-19(26(21)25-20)15-3-8-18-14(12-15)2-1-11-22-18/h1-3,8-13,16-17,27H,4-7H2,(H,24,25). The Labute approximate surface area is 156 Å². The fourth-order valence-electron chi connectivity index (χ4n) is 3.81. The van der Waals surface area contributed by atoms with Crippen molar-refractivity contribution in [2.45, 2.75) is 37.8 Å². The minimum absolute atomic E-state index is 0.152. The lowest BCUT2D eigenvalue weighted by Gasteiger charge is -2.26. The van der Waals surface area contributed by atoms with Gasteiger partial charge in [-0.3, -0.25) is 4.98 Å². The first-order chi connectivity index (χ1) is 13.3. The summed E-state index contributed by atoms with van der Waals surface area (Å²) < 4.78 is 1.89. The number of nitrogens with zero attached hydrogens (tertiary/aromatic N) is 4. The molecule has 0 radical (unpaired) electrons. The van der Waals surface area contributed by atoms with E-state index in [4.69, 9.17) is 5.10 Å². The van der Waals surface area contributed by atoms with Crippen molar-refractivity contribution in [2.75, 3.05) is 5.32 Å². The molecule has 0 spiro atoms. The van der Waals surface area contributed by atoms with Crippen LogP contribution in [0.3, 0.4) is 0 Å². The Kier molecular flexibility index (Phi) is 3.98. The summed E-state index contributed by atoms with van der Waals surface area (Å²) >= 11 is 0. The predicted octanol–water partition coefficient (Wildman–Crippen LogP) is 3.66. The molecule has 1 saturated carbocycles. The Bertz CT molecular complexity index is 1100. The van der Waals surface area contributed by atoms with Crippen molar-refractivity contribution in [1.82, 2.24) is 19.6 Å². The van der Waals surface area contributed by atoms with Gasteiger partial charge < -0.3 is 10.4 Å². The molecule has 136 valence electrons. The van der Waals surface area contributed by atoms with Gasteiger partial charge in [0.2, 0.25) is 0 Å². The normalized spacial score (nSPS) is 20.2. The van der Waals surface area contributed by atoms with Crippen LogP contribution in [0.5, 0.6) is 0 Å². The highest BCUT2D eigenvalue weighted by Crippen LogP contribution is 2.25. The topological polar surface area (TPSA) is 75.3 Å². The van der Waals surface area contributed by atoms with E-state index < -0.39 is 0 Å². The fraction of sp³-hybridized carbons (Fsp3) is 0.286. The maximum absolute atomic E-state index is 9.68. The smallest absolute Gasteiger partial charge is 0.154 e. The monoisotopic (exact) mass is 359 g/mol. The molecule has 0 amide bonds. The maximum atomic E-state index is 9.68. The Morgan fingerprint density at radius 3 is 2.78 bits per heavy atom. The number of aliphatic hydroxyl groups excluding tert-OH is 1. The number of aliphatic hydroxyl groups is 1. The molecule has 0 bridgehead atoms. The van der Waals surface area contributed by atoms with Crippen molar-refractivity contribution in [3.05, 3.63) is 54.9 Å². The number of pyridine rings is 1. The summed E-state index contributed by atoms with van der Waals surface area (Å²) in [6.45, 7) is 0. The minimum Gasteiger partial charge on any atom is -0.393 e. The van der Waals surface area contributed by atoms with E-state index in [9.17, 15) is 5.11 Å². The van der Waals surface area contributed by atoms with Gasteiger partial charge in [0.25, 0.3) is 0 Å². The van der Waals surface area contributed by atoms with E-state index in [1.807, 2.05) is 35.0 Å². The molecule has 6 nitrogen and oxygen atoms in total. The summed E-state index contributed by atoms with van der Waals surface area (Å²) in [6, 6.07) is 14.5. The Balaban J connectivity index is 1.49. The molecule has 1 fully saturated rings. The lowest BCUT2D eigenvalue weighted by molar-refractivity contribution is 0.126. The number of hydrogen-bond acceptors (Lipinski definition) is 5. The molecular weight excluding hydrogens is 338 g/mol. The molecule has 27 heavy (non-hydrogen) atoms. The van der Waals surface area contributed by atoms with Gasteiger partial charge in [0, 0.05) is 23.2 Å². The summed E-state index contributed by atoms with van der Waals surface area (Å²) in [4.78, 5) is 8.88. The van der Waals surface area contributed by atoms with Gasteiger partial charge in [-0.15, -0.1) is 5.10 Å². The highest BCUT2D eigenvalue weighted by atomic mass is 16.3. The average molecular weight is 359 g/mol. The zero-order valence-electron chi connectivity index (χ0n) is 14.9. The second-order valence-corrected chi connectivity index (χ2v) is 7.19. The third-order valence-electron chi connectivity index (χ3n) is 5.31. The van der Waals surface area contributed by atoms with Crippen molar-refractivity contribution in [2.24, 2.45) is 0 Å². The second kappa shape index (κ2) is 6.63. The van der Waals surface area contributed by atoms with Crippen LogP contribution in [0.4, 0.5) is 5.82 Å². The largest absolute Gasteiger partial charge is 0.393 e. The van der Waals surface area contributed by atoms with Gasteiger partial charge in [-0.1, -0.05) is 12.1 Å². The van der Waals surface area contributed by atoms with E-state index in [0.29, 0.717) is 6.04 Å². The lowest BCUT2D eigenvalue weighted by atomic mass is 9.93. The van der Waals surface area contributed by atoms with Gasteiger partial charge in [0.1, 0.15) is 5.82 Å². The summed E-state index contributed by atoms with van der Waals surface area (Å²) in [6.07, 6.45) is 7.15. The summed E-state index contributed by atoms with van der Waals surface area (Å²) in [5.74, 6) is 0.839. The molecule has 1 aromatic carbocycles. The van der Waals surface area contributed by atoms with Crippen LogP contribution in [0, 0.1) is 0 Å². The van der Waals surface area contributed by atoms with E-state index in [2.05, 4.69) is 33.5 Å². The van der Waals surface area contributed by atoms with Gasteiger partial charge in [-0.2, -0.15) is 0 Å². The molecule has 1 aliphatic rings. The van der Waals surface area contributed by atoms with Gasteiger partial charge in [0.15, 0.2) is 5.65 Å². The van der Waals surface area contributed by atoms with Crippen LogP contribution >= 0.6 is 0 Å². The second-order valence-electron chi connectivity index (χ2n) is 7.19. The molecule has 3 heterocycles. The summed E-state index contributed by atoms with van der Waals surface area (Å²) in [7, 11) is 0.